The average Bonchev–Trinajstić information content (AvgIpc) is 2.93. The third kappa shape index (κ3) is 5.43. The number of H-pyrrole nitrogens is 1. The molecule has 8 heteroatoms. The Morgan fingerprint density at radius 2 is 2.04 bits per heavy atom. The average molecular weight is 339 g/mol. The summed E-state index contributed by atoms with van der Waals surface area (Å²) in [6.45, 7) is 7.40. The van der Waals surface area contributed by atoms with Gasteiger partial charge in [0.2, 0.25) is 5.76 Å². The highest BCUT2D eigenvalue weighted by Crippen LogP contribution is 2.21. The first kappa shape index (κ1) is 18.1. The maximum atomic E-state index is 12.0. The number of carbonyl (C=O) groups excluding carboxylic acids is 2. The van der Waals surface area contributed by atoms with Gasteiger partial charge in [-0.15, -0.1) is 0 Å². The Balaban J connectivity index is 1.67. The predicted molar refractivity (Wildman–Crippen MR) is 86.8 cm³/mol. The molecule has 1 saturated heterocycles. The van der Waals surface area contributed by atoms with Gasteiger partial charge in [-0.1, -0.05) is 0 Å². The summed E-state index contributed by atoms with van der Waals surface area (Å²) in [7, 11) is 0. The van der Waals surface area contributed by atoms with E-state index in [1.54, 1.807) is 4.90 Å². The number of carbonyl (C=O) groups is 2. The van der Waals surface area contributed by atoms with Crippen molar-refractivity contribution in [3.05, 3.63) is 22.5 Å². The molecule has 0 bridgehead atoms. The van der Waals surface area contributed by atoms with Crippen LogP contribution >= 0.6 is 0 Å². The Morgan fingerprint density at radius 3 is 2.58 bits per heavy atom. The van der Waals surface area contributed by atoms with Crippen LogP contribution < -0.4 is 11.1 Å². The summed E-state index contributed by atoms with van der Waals surface area (Å²) in [5, 5.41) is 2.73. The molecule has 2 amide bonds. The quantitative estimate of drug-likeness (QED) is 0.869. The molecule has 1 aliphatic rings. The van der Waals surface area contributed by atoms with Crippen molar-refractivity contribution >= 4 is 12.0 Å². The molecule has 2 heterocycles. The van der Waals surface area contributed by atoms with Crippen molar-refractivity contribution in [1.29, 1.82) is 0 Å². The SMILES string of the molecule is CC(C)(C)OC(=O)N1CCC(CCNC(=O)c2c[nH]c(=O)o2)CC1. The van der Waals surface area contributed by atoms with Crippen molar-refractivity contribution < 1.29 is 18.7 Å². The van der Waals surface area contributed by atoms with Crippen LogP contribution in [-0.4, -0.2) is 47.1 Å². The molecule has 0 atom stereocenters. The molecule has 1 aromatic heterocycles. The number of nitrogens with zero attached hydrogens (tertiary/aromatic N) is 1. The highest BCUT2D eigenvalue weighted by molar-refractivity contribution is 5.90. The lowest BCUT2D eigenvalue weighted by molar-refractivity contribution is 0.0181. The van der Waals surface area contributed by atoms with Gasteiger partial charge in [0.05, 0.1) is 6.20 Å². The molecule has 0 spiro atoms. The monoisotopic (exact) mass is 339 g/mol. The Kier molecular flexibility index (Phi) is 5.69. The van der Waals surface area contributed by atoms with Crippen LogP contribution in [0.4, 0.5) is 4.79 Å². The molecule has 0 aliphatic carbocycles. The predicted octanol–water partition coefficient (Wildman–Crippen LogP) is 1.73. The molecule has 1 aromatic rings. The van der Waals surface area contributed by atoms with E-state index < -0.39 is 17.3 Å². The number of likely N-dealkylation sites (tertiary alicyclic amines) is 1. The number of hydrogen-bond acceptors (Lipinski definition) is 5. The van der Waals surface area contributed by atoms with Crippen molar-refractivity contribution in [3.63, 3.8) is 0 Å². The molecule has 8 nitrogen and oxygen atoms in total. The summed E-state index contributed by atoms with van der Waals surface area (Å²) < 4.78 is 10.1. The van der Waals surface area contributed by atoms with Gasteiger partial charge in [0, 0.05) is 19.6 Å². The maximum Gasteiger partial charge on any atom is 0.416 e. The van der Waals surface area contributed by atoms with Gasteiger partial charge in [0.1, 0.15) is 5.60 Å². The van der Waals surface area contributed by atoms with Crippen LogP contribution in [-0.2, 0) is 4.74 Å². The highest BCUT2D eigenvalue weighted by Gasteiger charge is 2.26. The molecule has 0 unspecified atom stereocenters. The van der Waals surface area contributed by atoms with Crippen molar-refractivity contribution in [2.75, 3.05) is 19.6 Å². The van der Waals surface area contributed by atoms with Crippen molar-refractivity contribution in [3.8, 4) is 0 Å². The second-order valence-corrected chi connectivity index (χ2v) is 7.00. The lowest BCUT2D eigenvalue weighted by Crippen LogP contribution is -2.42. The molecule has 0 saturated carbocycles. The van der Waals surface area contributed by atoms with E-state index in [9.17, 15) is 14.4 Å². The summed E-state index contributed by atoms with van der Waals surface area (Å²) in [6, 6.07) is 0. The third-order valence-corrected chi connectivity index (χ3v) is 3.85. The zero-order valence-electron chi connectivity index (χ0n) is 14.4. The summed E-state index contributed by atoms with van der Waals surface area (Å²) in [4.78, 5) is 38.6. The smallest absolute Gasteiger partial charge is 0.416 e. The number of aromatic nitrogens is 1. The summed E-state index contributed by atoms with van der Waals surface area (Å²) in [5.74, 6) is -0.615. The van der Waals surface area contributed by atoms with E-state index in [0.717, 1.165) is 19.3 Å². The lowest BCUT2D eigenvalue weighted by Gasteiger charge is -2.33. The highest BCUT2D eigenvalue weighted by atomic mass is 16.6. The molecule has 1 fully saturated rings. The van der Waals surface area contributed by atoms with Gasteiger partial charge < -0.3 is 19.4 Å². The minimum atomic E-state index is -0.644. The van der Waals surface area contributed by atoms with Gasteiger partial charge in [0.15, 0.2) is 0 Å². The number of oxazole rings is 1. The number of rotatable bonds is 4. The topological polar surface area (TPSA) is 105 Å². The molecule has 2 N–H and O–H groups in total. The van der Waals surface area contributed by atoms with Gasteiger partial charge in [-0.05, 0) is 46.0 Å². The van der Waals surface area contributed by atoms with Gasteiger partial charge in [-0.25, -0.2) is 9.59 Å². The summed E-state index contributed by atoms with van der Waals surface area (Å²) in [6.07, 6.45) is 3.57. The van der Waals surface area contributed by atoms with Crippen LogP contribution in [0, 0.1) is 5.92 Å². The Bertz CT molecular complexity index is 620. The zero-order chi connectivity index (χ0) is 17.7. The van der Waals surface area contributed by atoms with Crippen molar-refractivity contribution in [1.82, 2.24) is 15.2 Å². The number of hydrogen-bond donors (Lipinski definition) is 2. The van der Waals surface area contributed by atoms with Gasteiger partial charge in [-0.2, -0.15) is 0 Å². The number of amides is 2. The first-order chi connectivity index (χ1) is 11.2. The molecule has 134 valence electrons. The molecule has 1 aliphatic heterocycles. The fraction of sp³-hybridized carbons (Fsp3) is 0.688. The molecule has 24 heavy (non-hydrogen) atoms. The van der Waals surface area contributed by atoms with E-state index in [-0.39, 0.29) is 11.9 Å². The molecule has 0 aromatic carbocycles. The Labute approximate surface area is 140 Å². The van der Waals surface area contributed by atoms with E-state index in [4.69, 9.17) is 4.74 Å². The van der Waals surface area contributed by atoms with Gasteiger partial charge in [-0.3, -0.25) is 9.78 Å². The van der Waals surface area contributed by atoms with E-state index in [1.165, 1.54) is 6.20 Å². The fourth-order valence-electron chi connectivity index (χ4n) is 2.60. The summed E-state index contributed by atoms with van der Waals surface area (Å²) >= 11 is 0. The number of piperidine rings is 1. The van der Waals surface area contributed by atoms with Crippen LogP contribution in [0.25, 0.3) is 0 Å². The van der Waals surface area contributed by atoms with Crippen LogP contribution in [0.1, 0.15) is 50.6 Å². The first-order valence-electron chi connectivity index (χ1n) is 8.19. The lowest BCUT2D eigenvalue weighted by atomic mass is 9.94. The Morgan fingerprint density at radius 1 is 1.38 bits per heavy atom. The number of aromatic amines is 1. The number of ether oxygens (including phenoxy) is 1. The van der Waals surface area contributed by atoms with E-state index >= 15 is 0 Å². The van der Waals surface area contributed by atoms with Crippen molar-refractivity contribution in [2.24, 2.45) is 5.92 Å². The standard InChI is InChI=1S/C16H25N3O5/c1-16(2,3)24-15(22)19-8-5-11(6-9-19)4-7-17-13(20)12-10-18-14(21)23-12/h10-11H,4-9H2,1-3H3,(H,17,20)(H,18,21). The van der Waals surface area contributed by atoms with Crippen LogP contribution in [0.15, 0.2) is 15.4 Å². The minimum absolute atomic E-state index is 0.0141. The largest absolute Gasteiger partial charge is 0.444 e. The Hall–Kier alpha value is -2.25. The third-order valence-electron chi connectivity index (χ3n) is 3.85. The molecule has 2 rings (SSSR count). The zero-order valence-corrected chi connectivity index (χ0v) is 14.4. The van der Waals surface area contributed by atoms with Crippen LogP contribution in [0.5, 0.6) is 0 Å². The second kappa shape index (κ2) is 7.55. The maximum absolute atomic E-state index is 12.0. The molecular formula is C16H25N3O5. The normalized spacial score (nSPS) is 16.0. The minimum Gasteiger partial charge on any atom is -0.444 e. The second-order valence-electron chi connectivity index (χ2n) is 7.00. The fourth-order valence-corrected chi connectivity index (χ4v) is 2.60. The van der Waals surface area contributed by atoms with E-state index in [0.29, 0.717) is 25.6 Å². The molecular weight excluding hydrogens is 314 g/mol. The van der Waals surface area contributed by atoms with E-state index in [1.807, 2.05) is 20.8 Å². The van der Waals surface area contributed by atoms with Crippen LogP contribution in [0.2, 0.25) is 0 Å². The first-order valence-corrected chi connectivity index (χ1v) is 8.19. The van der Waals surface area contributed by atoms with Gasteiger partial charge >= 0.3 is 11.8 Å². The van der Waals surface area contributed by atoms with Crippen molar-refractivity contribution in [2.45, 2.75) is 45.6 Å². The summed E-state index contributed by atoms with van der Waals surface area (Å²) in [5.41, 5.74) is -0.481. The van der Waals surface area contributed by atoms with Gasteiger partial charge in [0.25, 0.3) is 5.91 Å². The van der Waals surface area contributed by atoms with E-state index in [2.05, 4.69) is 14.7 Å². The van der Waals surface area contributed by atoms with Crippen LogP contribution in [0.3, 0.4) is 0 Å². The molecule has 0 radical (unpaired) electrons. The number of nitrogens with one attached hydrogen (secondary N) is 2.